The standard InChI is InChI=1S/C13H8O6/c14-9(15)6-18-13-11-8(3-4-17-11)5-7-1-2-10(16)19-12(7)13/h1-5H,6H2,(H,14,15). The number of carbonyl (C=O) groups is 1. The van der Waals surface area contributed by atoms with E-state index in [1.807, 2.05) is 0 Å². The predicted molar refractivity (Wildman–Crippen MR) is 65.4 cm³/mol. The smallest absolute Gasteiger partial charge is 0.341 e. The Kier molecular flexibility index (Phi) is 2.49. The number of carboxylic acid groups (broad SMARTS) is 1. The van der Waals surface area contributed by atoms with E-state index in [1.54, 1.807) is 18.2 Å². The summed E-state index contributed by atoms with van der Waals surface area (Å²) < 4.78 is 15.5. The van der Waals surface area contributed by atoms with Gasteiger partial charge in [0.2, 0.25) is 5.75 Å². The number of rotatable bonds is 3. The minimum absolute atomic E-state index is 0.123. The molecule has 0 aliphatic carbocycles. The van der Waals surface area contributed by atoms with Crippen molar-refractivity contribution in [3.8, 4) is 5.75 Å². The third-order valence-electron chi connectivity index (χ3n) is 2.62. The van der Waals surface area contributed by atoms with E-state index in [4.69, 9.17) is 18.7 Å². The molecular formula is C13H8O6. The quantitative estimate of drug-likeness (QED) is 0.724. The van der Waals surface area contributed by atoms with Gasteiger partial charge in [0, 0.05) is 16.8 Å². The van der Waals surface area contributed by atoms with E-state index in [0.29, 0.717) is 11.0 Å². The molecule has 0 aliphatic rings. The normalized spacial score (nSPS) is 10.9. The van der Waals surface area contributed by atoms with Crippen LogP contribution in [0.3, 0.4) is 0 Å². The number of benzene rings is 1. The first-order valence-electron chi connectivity index (χ1n) is 5.44. The number of carboxylic acids is 1. The van der Waals surface area contributed by atoms with Crippen LogP contribution in [0, 0.1) is 0 Å². The Balaban J connectivity index is 2.31. The lowest BCUT2D eigenvalue weighted by atomic mass is 10.1. The van der Waals surface area contributed by atoms with Gasteiger partial charge in [-0.05, 0) is 18.2 Å². The molecule has 0 amide bonds. The Labute approximate surface area is 105 Å². The van der Waals surface area contributed by atoms with Crippen LogP contribution in [0.2, 0.25) is 0 Å². The van der Waals surface area contributed by atoms with Gasteiger partial charge < -0.3 is 18.7 Å². The first-order chi connectivity index (χ1) is 9.15. The molecule has 0 bridgehead atoms. The molecule has 6 heteroatoms. The zero-order valence-corrected chi connectivity index (χ0v) is 9.58. The molecule has 0 fully saturated rings. The number of hydrogen-bond donors (Lipinski definition) is 1. The maximum absolute atomic E-state index is 11.3. The summed E-state index contributed by atoms with van der Waals surface area (Å²) in [6.45, 7) is -0.548. The zero-order chi connectivity index (χ0) is 13.4. The van der Waals surface area contributed by atoms with Gasteiger partial charge in [-0.1, -0.05) is 0 Å². The Morgan fingerprint density at radius 3 is 2.79 bits per heavy atom. The van der Waals surface area contributed by atoms with Gasteiger partial charge in [-0.2, -0.15) is 0 Å². The van der Waals surface area contributed by atoms with E-state index in [1.165, 1.54) is 12.3 Å². The van der Waals surface area contributed by atoms with Crippen LogP contribution in [0.1, 0.15) is 0 Å². The molecule has 6 nitrogen and oxygen atoms in total. The Morgan fingerprint density at radius 1 is 1.21 bits per heavy atom. The summed E-state index contributed by atoms with van der Waals surface area (Å²) in [4.78, 5) is 21.9. The van der Waals surface area contributed by atoms with Crippen LogP contribution in [0.4, 0.5) is 0 Å². The molecule has 0 saturated heterocycles. The van der Waals surface area contributed by atoms with Crippen LogP contribution >= 0.6 is 0 Å². The summed E-state index contributed by atoms with van der Waals surface area (Å²) in [5.74, 6) is -1.01. The molecule has 0 aliphatic heterocycles. The molecule has 19 heavy (non-hydrogen) atoms. The van der Waals surface area contributed by atoms with Crippen LogP contribution in [-0.2, 0) is 4.79 Å². The summed E-state index contributed by atoms with van der Waals surface area (Å²) in [7, 11) is 0. The molecule has 0 unspecified atom stereocenters. The van der Waals surface area contributed by atoms with E-state index in [9.17, 15) is 9.59 Å². The van der Waals surface area contributed by atoms with Crippen molar-refractivity contribution in [3.63, 3.8) is 0 Å². The van der Waals surface area contributed by atoms with E-state index >= 15 is 0 Å². The first-order valence-corrected chi connectivity index (χ1v) is 5.44. The van der Waals surface area contributed by atoms with E-state index < -0.39 is 18.2 Å². The number of hydrogen-bond acceptors (Lipinski definition) is 5. The molecule has 0 saturated carbocycles. The molecule has 0 atom stereocenters. The van der Waals surface area contributed by atoms with Gasteiger partial charge in [-0.25, -0.2) is 9.59 Å². The minimum Gasteiger partial charge on any atom is -0.479 e. The largest absolute Gasteiger partial charge is 0.479 e. The summed E-state index contributed by atoms with van der Waals surface area (Å²) in [5, 5.41) is 10.0. The second-order valence-electron chi connectivity index (χ2n) is 3.90. The summed E-state index contributed by atoms with van der Waals surface area (Å²) in [5.41, 5.74) is -0.0159. The summed E-state index contributed by atoms with van der Waals surface area (Å²) in [6.07, 6.45) is 1.45. The van der Waals surface area contributed by atoms with Crippen LogP contribution in [0.15, 0.2) is 44.2 Å². The van der Waals surface area contributed by atoms with Gasteiger partial charge in [0.05, 0.1) is 6.26 Å². The molecule has 1 N–H and O–H groups in total. The van der Waals surface area contributed by atoms with Gasteiger partial charge in [-0.3, -0.25) is 0 Å². The van der Waals surface area contributed by atoms with Gasteiger partial charge in [0.15, 0.2) is 17.8 Å². The van der Waals surface area contributed by atoms with Crippen LogP contribution < -0.4 is 10.4 Å². The molecule has 3 aromatic rings. The van der Waals surface area contributed by atoms with Crippen molar-refractivity contribution in [1.29, 1.82) is 0 Å². The fraction of sp³-hybridized carbons (Fsp3) is 0.0769. The highest BCUT2D eigenvalue weighted by molar-refractivity contribution is 6.00. The van der Waals surface area contributed by atoms with Crippen molar-refractivity contribution in [2.75, 3.05) is 6.61 Å². The maximum Gasteiger partial charge on any atom is 0.341 e. The molecule has 1 aromatic carbocycles. The van der Waals surface area contributed by atoms with Crippen molar-refractivity contribution in [1.82, 2.24) is 0 Å². The van der Waals surface area contributed by atoms with Gasteiger partial charge in [-0.15, -0.1) is 0 Å². The molecule has 2 heterocycles. The van der Waals surface area contributed by atoms with Gasteiger partial charge in [0.25, 0.3) is 0 Å². The minimum atomic E-state index is -1.13. The van der Waals surface area contributed by atoms with Gasteiger partial charge in [0.1, 0.15) is 0 Å². The molecule has 96 valence electrons. The lowest BCUT2D eigenvalue weighted by Gasteiger charge is -2.06. The van der Waals surface area contributed by atoms with E-state index in [2.05, 4.69) is 0 Å². The van der Waals surface area contributed by atoms with Crippen molar-refractivity contribution in [2.24, 2.45) is 0 Å². The van der Waals surface area contributed by atoms with Crippen molar-refractivity contribution < 1.29 is 23.5 Å². The predicted octanol–water partition coefficient (Wildman–Crippen LogP) is 2.00. The zero-order valence-electron chi connectivity index (χ0n) is 9.58. The molecule has 3 rings (SSSR count). The Morgan fingerprint density at radius 2 is 2.00 bits per heavy atom. The molecule has 0 radical (unpaired) electrons. The number of aliphatic carboxylic acids is 1. The van der Waals surface area contributed by atoms with Gasteiger partial charge >= 0.3 is 11.6 Å². The maximum atomic E-state index is 11.3. The lowest BCUT2D eigenvalue weighted by Crippen LogP contribution is -2.10. The first kappa shape index (κ1) is 11.3. The second-order valence-corrected chi connectivity index (χ2v) is 3.90. The highest BCUT2D eigenvalue weighted by Gasteiger charge is 2.15. The monoisotopic (exact) mass is 260 g/mol. The number of fused-ring (bicyclic) bond motifs is 2. The van der Waals surface area contributed by atoms with Crippen LogP contribution in [-0.4, -0.2) is 17.7 Å². The number of ether oxygens (including phenoxy) is 1. The molecule has 2 aromatic heterocycles. The van der Waals surface area contributed by atoms with Crippen molar-refractivity contribution in [3.05, 3.63) is 40.9 Å². The van der Waals surface area contributed by atoms with E-state index in [0.717, 1.165) is 5.39 Å². The van der Waals surface area contributed by atoms with E-state index in [-0.39, 0.29) is 11.3 Å². The topological polar surface area (TPSA) is 89.9 Å². The average Bonchev–Trinajstić information content (AvgIpc) is 2.82. The number of furan rings is 1. The van der Waals surface area contributed by atoms with Crippen molar-refractivity contribution >= 4 is 27.9 Å². The molecule has 0 spiro atoms. The average molecular weight is 260 g/mol. The third-order valence-corrected chi connectivity index (χ3v) is 2.62. The Bertz CT molecular complexity index is 826. The summed E-state index contributed by atoms with van der Waals surface area (Å²) in [6, 6.07) is 6.36. The lowest BCUT2D eigenvalue weighted by molar-refractivity contribution is -0.139. The summed E-state index contributed by atoms with van der Waals surface area (Å²) >= 11 is 0. The Hall–Kier alpha value is -2.76. The highest BCUT2D eigenvalue weighted by Crippen LogP contribution is 2.34. The highest BCUT2D eigenvalue weighted by atomic mass is 16.5. The fourth-order valence-electron chi connectivity index (χ4n) is 1.87. The third kappa shape index (κ3) is 1.93. The van der Waals surface area contributed by atoms with Crippen LogP contribution in [0.5, 0.6) is 5.75 Å². The second kappa shape index (κ2) is 4.16. The van der Waals surface area contributed by atoms with Crippen molar-refractivity contribution in [2.45, 2.75) is 0 Å². The van der Waals surface area contributed by atoms with Crippen LogP contribution in [0.25, 0.3) is 21.9 Å². The SMILES string of the molecule is O=C(O)COc1c2occc2cc2ccc(=O)oc12. The fourth-order valence-corrected chi connectivity index (χ4v) is 1.87. The molecular weight excluding hydrogens is 252 g/mol.